The molecule has 0 amide bonds. The fourth-order valence-electron chi connectivity index (χ4n) is 4.95. The van der Waals surface area contributed by atoms with Crippen molar-refractivity contribution in [2.24, 2.45) is 7.05 Å². The van der Waals surface area contributed by atoms with Crippen LogP contribution in [-0.4, -0.2) is 57.0 Å². The highest BCUT2D eigenvalue weighted by molar-refractivity contribution is 5.93. The Morgan fingerprint density at radius 2 is 2.00 bits per heavy atom. The summed E-state index contributed by atoms with van der Waals surface area (Å²) in [5.74, 6) is 0.619. The highest BCUT2D eigenvalue weighted by Gasteiger charge is 2.27. The lowest BCUT2D eigenvalue weighted by atomic mass is 9.81. The molecule has 148 valence electrons. The first-order chi connectivity index (χ1) is 13.8. The minimum Gasteiger partial charge on any atom is -0.380 e. The lowest BCUT2D eigenvalue weighted by molar-refractivity contribution is 0.118. The molecule has 0 bridgehead atoms. The molecule has 0 radical (unpaired) electrons. The number of aryl methyl sites for hydroxylation is 1. The van der Waals surface area contributed by atoms with Crippen LogP contribution in [0, 0.1) is 0 Å². The minimum absolute atomic E-state index is 0.619. The fourth-order valence-corrected chi connectivity index (χ4v) is 4.95. The van der Waals surface area contributed by atoms with Crippen LogP contribution in [-0.2, 0) is 11.8 Å². The van der Waals surface area contributed by atoms with Crippen LogP contribution in [0.3, 0.4) is 0 Å². The molecule has 5 rings (SSSR count). The SMILES string of the molecule is Cn1cc(-c2c[nH]c3ncc(C4CCC(N5CCCOCC5)CC4)cc23)cn1. The van der Waals surface area contributed by atoms with E-state index in [1.807, 2.05) is 17.9 Å². The molecule has 1 aliphatic carbocycles. The number of H-pyrrole nitrogens is 1. The van der Waals surface area contributed by atoms with Gasteiger partial charge in [-0.1, -0.05) is 0 Å². The molecule has 4 heterocycles. The van der Waals surface area contributed by atoms with Gasteiger partial charge in [0.05, 0.1) is 12.8 Å². The van der Waals surface area contributed by atoms with E-state index in [9.17, 15) is 0 Å². The Morgan fingerprint density at radius 1 is 1.11 bits per heavy atom. The van der Waals surface area contributed by atoms with Crippen LogP contribution in [0.2, 0.25) is 0 Å². The monoisotopic (exact) mass is 379 g/mol. The van der Waals surface area contributed by atoms with Crippen LogP contribution >= 0.6 is 0 Å². The minimum atomic E-state index is 0.619. The molecule has 0 aromatic carbocycles. The highest BCUT2D eigenvalue weighted by Crippen LogP contribution is 2.37. The van der Waals surface area contributed by atoms with Gasteiger partial charge in [0.15, 0.2) is 0 Å². The van der Waals surface area contributed by atoms with Crippen molar-refractivity contribution in [2.75, 3.05) is 26.3 Å². The molecule has 1 saturated heterocycles. The first-order valence-electron chi connectivity index (χ1n) is 10.6. The molecule has 0 spiro atoms. The van der Waals surface area contributed by atoms with Crippen LogP contribution < -0.4 is 0 Å². The van der Waals surface area contributed by atoms with Crippen molar-refractivity contribution in [3.05, 3.63) is 36.4 Å². The molecule has 1 saturated carbocycles. The average molecular weight is 380 g/mol. The van der Waals surface area contributed by atoms with E-state index in [0.717, 1.165) is 37.0 Å². The molecule has 1 N–H and O–H groups in total. The third kappa shape index (κ3) is 3.47. The topological polar surface area (TPSA) is 59.0 Å². The molecule has 3 aromatic rings. The van der Waals surface area contributed by atoms with Gasteiger partial charge in [-0.15, -0.1) is 0 Å². The molecule has 28 heavy (non-hydrogen) atoms. The second kappa shape index (κ2) is 7.68. The quantitative estimate of drug-likeness (QED) is 0.754. The van der Waals surface area contributed by atoms with Gasteiger partial charge in [0.25, 0.3) is 0 Å². The van der Waals surface area contributed by atoms with Crippen LogP contribution in [0.4, 0.5) is 0 Å². The van der Waals surface area contributed by atoms with E-state index >= 15 is 0 Å². The standard InChI is InChI=1S/C22H29N5O/c1-26-15-18(13-25-26)21-14-24-22-20(21)11-17(12-23-22)16-3-5-19(6-4-16)27-7-2-9-28-10-8-27/h11-16,19H,2-10H2,1H3,(H,23,24). The van der Waals surface area contributed by atoms with Gasteiger partial charge in [-0.3, -0.25) is 9.58 Å². The van der Waals surface area contributed by atoms with Gasteiger partial charge in [0.2, 0.25) is 0 Å². The largest absolute Gasteiger partial charge is 0.380 e. The number of ether oxygens (including phenoxy) is 1. The fraction of sp³-hybridized carbons (Fsp3) is 0.545. The number of pyridine rings is 1. The zero-order chi connectivity index (χ0) is 18.9. The van der Waals surface area contributed by atoms with E-state index in [1.165, 1.54) is 55.2 Å². The Balaban J connectivity index is 1.33. The van der Waals surface area contributed by atoms with Crippen molar-refractivity contribution < 1.29 is 4.74 Å². The number of hydrogen-bond acceptors (Lipinski definition) is 4. The predicted octanol–water partition coefficient (Wildman–Crippen LogP) is 3.71. The maximum Gasteiger partial charge on any atom is 0.137 e. The summed E-state index contributed by atoms with van der Waals surface area (Å²) in [4.78, 5) is 10.7. The summed E-state index contributed by atoms with van der Waals surface area (Å²) in [6.45, 7) is 4.11. The average Bonchev–Trinajstić information content (AvgIpc) is 3.24. The normalized spacial score (nSPS) is 24.5. The van der Waals surface area contributed by atoms with Crippen LogP contribution in [0.5, 0.6) is 0 Å². The molecular formula is C22H29N5O. The first-order valence-corrected chi connectivity index (χ1v) is 10.6. The molecule has 2 fully saturated rings. The third-order valence-electron chi connectivity index (χ3n) is 6.51. The lowest BCUT2D eigenvalue weighted by Crippen LogP contribution is -2.39. The Kier molecular flexibility index (Phi) is 4.91. The molecule has 2 aliphatic rings. The summed E-state index contributed by atoms with van der Waals surface area (Å²) in [5, 5.41) is 5.53. The third-order valence-corrected chi connectivity index (χ3v) is 6.51. The molecule has 6 nitrogen and oxygen atoms in total. The Bertz CT molecular complexity index is 929. The molecule has 0 atom stereocenters. The van der Waals surface area contributed by atoms with Crippen molar-refractivity contribution in [2.45, 2.75) is 44.1 Å². The summed E-state index contributed by atoms with van der Waals surface area (Å²) in [6.07, 6.45) is 14.4. The highest BCUT2D eigenvalue weighted by atomic mass is 16.5. The summed E-state index contributed by atoms with van der Waals surface area (Å²) < 4.78 is 7.48. The summed E-state index contributed by atoms with van der Waals surface area (Å²) in [6, 6.07) is 3.08. The molecule has 0 unspecified atom stereocenters. The van der Waals surface area contributed by atoms with Crippen molar-refractivity contribution >= 4 is 11.0 Å². The van der Waals surface area contributed by atoms with Gasteiger partial charge >= 0.3 is 0 Å². The maximum absolute atomic E-state index is 5.63. The smallest absolute Gasteiger partial charge is 0.137 e. The Labute approximate surface area is 165 Å². The van der Waals surface area contributed by atoms with Crippen molar-refractivity contribution in [3.8, 4) is 11.1 Å². The summed E-state index contributed by atoms with van der Waals surface area (Å²) in [5.41, 5.74) is 4.67. The van der Waals surface area contributed by atoms with Gasteiger partial charge in [-0.25, -0.2) is 4.98 Å². The number of aromatic amines is 1. The molecule has 6 heteroatoms. The second-order valence-corrected chi connectivity index (χ2v) is 8.28. The van der Waals surface area contributed by atoms with Crippen molar-refractivity contribution in [1.82, 2.24) is 24.6 Å². The molecule has 3 aromatic heterocycles. The van der Waals surface area contributed by atoms with E-state index in [2.05, 4.69) is 39.6 Å². The van der Waals surface area contributed by atoms with E-state index in [-0.39, 0.29) is 0 Å². The van der Waals surface area contributed by atoms with Gasteiger partial charge in [0.1, 0.15) is 5.65 Å². The van der Waals surface area contributed by atoms with Crippen molar-refractivity contribution in [1.29, 1.82) is 0 Å². The van der Waals surface area contributed by atoms with E-state index in [0.29, 0.717) is 5.92 Å². The van der Waals surface area contributed by atoms with Crippen LogP contribution in [0.1, 0.15) is 43.6 Å². The number of nitrogens with zero attached hydrogens (tertiary/aromatic N) is 4. The molecule has 1 aliphatic heterocycles. The summed E-state index contributed by atoms with van der Waals surface area (Å²) >= 11 is 0. The molecular weight excluding hydrogens is 350 g/mol. The zero-order valence-electron chi connectivity index (χ0n) is 16.6. The number of hydrogen-bond donors (Lipinski definition) is 1. The van der Waals surface area contributed by atoms with Gasteiger partial charge in [0, 0.05) is 67.9 Å². The lowest BCUT2D eigenvalue weighted by Gasteiger charge is -2.36. The van der Waals surface area contributed by atoms with Crippen molar-refractivity contribution in [3.63, 3.8) is 0 Å². The van der Waals surface area contributed by atoms with E-state index in [4.69, 9.17) is 9.72 Å². The van der Waals surface area contributed by atoms with Gasteiger partial charge < -0.3 is 9.72 Å². The Morgan fingerprint density at radius 3 is 2.82 bits per heavy atom. The maximum atomic E-state index is 5.63. The zero-order valence-corrected chi connectivity index (χ0v) is 16.6. The van der Waals surface area contributed by atoms with E-state index in [1.54, 1.807) is 0 Å². The van der Waals surface area contributed by atoms with E-state index < -0.39 is 0 Å². The number of aromatic nitrogens is 4. The van der Waals surface area contributed by atoms with Crippen LogP contribution in [0.25, 0.3) is 22.2 Å². The number of rotatable bonds is 3. The van der Waals surface area contributed by atoms with Gasteiger partial charge in [-0.05, 0) is 49.7 Å². The number of fused-ring (bicyclic) bond motifs is 1. The second-order valence-electron chi connectivity index (χ2n) is 8.28. The summed E-state index contributed by atoms with van der Waals surface area (Å²) in [7, 11) is 1.96. The predicted molar refractivity (Wildman–Crippen MR) is 110 cm³/mol. The first kappa shape index (κ1) is 17.9. The van der Waals surface area contributed by atoms with Crippen LogP contribution in [0.15, 0.2) is 30.9 Å². The Hall–Kier alpha value is -2.18. The number of nitrogens with one attached hydrogen (secondary N) is 1. The van der Waals surface area contributed by atoms with Gasteiger partial charge in [-0.2, -0.15) is 5.10 Å².